The molecule has 0 aromatic carbocycles. The predicted molar refractivity (Wildman–Crippen MR) is 24.3 cm³/mol. The Morgan fingerprint density at radius 3 is 2.50 bits per heavy atom. The minimum absolute atomic E-state index is 0.164. The van der Waals surface area contributed by atoms with E-state index in [4.69, 9.17) is 12.0 Å². The zero-order valence-electron chi connectivity index (χ0n) is 3.65. The molecule has 0 saturated carbocycles. The van der Waals surface area contributed by atoms with Gasteiger partial charge in [-0.3, -0.25) is 0 Å². The van der Waals surface area contributed by atoms with E-state index < -0.39 is 0 Å². The van der Waals surface area contributed by atoms with Gasteiger partial charge in [0.25, 0.3) is 0 Å². The van der Waals surface area contributed by atoms with E-state index in [1.165, 1.54) is 0 Å². The Kier molecular flexibility index (Phi) is 4.85. The van der Waals surface area contributed by atoms with Crippen molar-refractivity contribution in [1.82, 2.24) is 5.32 Å². The van der Waals surface area contributed by atoms with Gasteiger partial charge in [-0.15, -0.1) is 0 Å². The van der Waals surface area contributed by atoms with Crippen LogP contribution >= 0.6 is 0 Å². The maximum atomic E-state index is 8.08. The molecule has 2 nitrogen and oxygen atoms in total. The molecule has 2 N–H and O–H groups in total. The second-order valence-electron chi connectivity index (χ2n) is 0.928. The zero-order valence-corrected chi connectivity index (χ0v) is 3.65. The number of hydrogen-bond acceptors (Lipinski definition) is 2. The van der Waals surface area contributed by atoms with E-state index in [1.807, 2.05) is 0 Å². The third-order valence-electron chi connectivity index (χ3n) is 0.433. The molecule has 0 amide bonds. The van der Waals surface area contributed by atoms with Crippen molar-refractivity contribution in [3.63, 3.8) is 0 Å². The van der Waals surface area contributed by atoms with Crippen molar-refractivity contribution in [3.05, 3.63) is 6.92 Å². The summed E-state index contributed by atoms with van der Waals surface area (Å²) in [5.41, 5.74) is 0. The second-order valence-corrected chi connectivity index (χ2v) is 0.928. The summed E-state index contributed by atoms with van der Waals surface area (Å²) in [4.78, 5) is 0. The zero-order chi connectivity index (χ0) is 4.83. The molecule has 0 heterocycles. The lowest BCUT2D eigenvalue weighted by atomic mass is 10.6. The molecular formula is C4H9NO. The summed E-state index contributed by atoms with van der Waals surface area (Å²) in [5.74, 6) is 0. The molecule has 0 rings (SSSR count). The van der Waals surface area contributed by atoms with Crippen molar-refractivity contribution in [1.29, 1.82) is 0 Å². The molecule has 0 aromatic rings. The lowest BCUT2D eigenvalue weighted by molar-refractivity contribution is 0.294. The highest BCUT2D eigenvalue weighted by Gasteiger charge is 1.72. The maximum absolute atomic E-state index is 8.08. The highest BCUT2D eigenvalue weighted by atomic mass is 16.3. The minimum atomic E-state index is 0.164. The maximum Gasteiger partial charge on any atom is 0.0555 e. The fourth-order valence-electron chi connectivity index (χ4n) is 0.181. The van der Waals surface area contributed by atoms with E-state index >= 15 is 0 Å². The molecule has 0 aliphatic heterocycles. The molecule has 0 unspecified atom stereocenters. The first-order chi connectivity index (χ1) is 2.91. The van der Waals surface area contributed by atoms with Crippen LogP contribution < -0.4 is 5.32 Å². The Hall–Kier alpha value is -0.0800. The molecule has 0 fully saturated rings. The predicted octanol–water partition coefficient (Wildman–Crippen LogP) is -0.721. The number of aliphatic hydroxyl groups excluding tert-OH is 1. The SMILES string of the molecule is [CH]CNCCO. The summed E-state index contributed by atoms with van der Waals surface area (Å²) in [5, 5.41) is 10.8. The Bertz CT molecular complexity index is 19.5. The third-order valence-corrected chi connectivity index (χ3v) is 0.433. The van der Waals surface area contributed by atoms with Crippen LogP contribution in [0.5, 0.6) is 0 Å². The van der Waals surface area contributed by atoms with E-state index in [0.717, 1.165) is 0 Å². The second kappa shape index (κ2) is 4.92. The minimum Gasteiger partial charge on any atom is -0.395 e. The lowest BCUT2D eigenvalue weighted by Gasteiger charge is -1.91. The topological polar surface area (TPSA) is 32.3 Å². The van der Waals surface area contributed by atoms with Crippen LogP contribution in [-0.4, -0.2) is 24.8 Å². The largest absolute Gasteiger partial charge is 0.395 e. The van der Waals surface area contributed by atoms with Crippen molar-refractivity contribution in [3.8, 4) is 0 Å². The first-order valence-corrected chi connectivity index (χ1v) is 1.93. The van der Waals surface area contributed by atoms with Crippen molar-refractivity contribution >= 4 is 0 Å². The molecule has 0 aliphatic carbocycles. The quantitative estimate of drug-likeness (QED) is 0.445. The van der Waals surface area contributed by atoms with Crippen molar-refractivity contribution in [2.45, 2.75) is 0 Å². The normalized spacial score (nSPS) is 9.00. The first-order valence-electron chi connectivity index (χ1n) is 1.93. The van der Waals surface area contributed by atoms with E-state index in [0.29, 0.717) is 13.1 Å². The van der Waals surface area contributed by atoms with Crippen LogP contribution in [0.15, 0.2) is 0 Å². The molecular weight excluding hydrogens is 78.0 g/mol. The smallest absolute Gasteiger partial charge is 0.0555 e. The van der Waals surface area contributed by atoms with E-state index in [9.17, 15) is 0 Å². The molecule has 0 spiro atoms. The van der Waals surface area contributed by atoms with Gasteiger partial charge in [0, 0.05) is 6.54 Å². The summed E-state index contributed by atoms with van der Waals surface area (Å²) in [6.07, 6.45) is 0. The lowest BCUT2D eigenvalue weighted by Crippen LogP contribution is -2.16. The molecule has 0 saturated heterocycles. The van der Waals surface area contributed by atoms with Gasteiger partial charge >= 0.3 is 0 Å². The van der Waals surface area contributed by atoms with Gasteiger partial charge in [0.15, 0.2) is 0 Å². The molecule has 2 heteroatoms. The summed E-state index contributed by atoms with van der Waals surface area (Å²) in [6, 6.07) is 0. The summed E-state index contributed by atoms with van der Waals surface area (Å²) < 4.78 is 0. The van der Waals surface area contributed by atoms with Gasteiger partial charge in [0.05, 0.1) is 6.61 Å². The first kappa shape index (κ1) is 5.92. The van der Waals surface area contributed by atoms with Gasteiger partial charge in [-0.2, -0.15) is 0 Å². The van der Waals surface area contributed by atoms with E-state index in [-0.39, 0.29) is 6.61 Å². The van der Waals surface area contributed by atoms with Gasteiger partial charge < -0.3 is 10.4 Å². The van der Waals surface area contributed by atoms with Crippen molar-refractivity contribution in [2.24, 2.45) is 0 Å². The third kappa shape index (κ3) is 3.92. The number of rotatable bonds is 3. The van der Waals surface area contributed by atoms with Gasteiger partial charge in [-0.25, -0.2) is 0 Å². The highest BCUT2D eigenvalue weighted by molar-refractivity contribution is 4.43. The number of nitrogens with one attached hydrogen (secondary N) is 1. The Balaban J connectivity index is 2.34. The van der Waals surface area contributed by atoms with Crippen LogP contribution in [0.1, 0.15) is 0 Å². The fourth-order valence-corrected chi connectivity index (χ4v) is 0.181. The van der Waals surface area contributed by atoms with Crippen LogP contribution in [0.3, 0.4) is 0 Å². The number of hydrogen-bond donors (Lipinski definition) is 2. The number of aliphatic hydroxyl groups is 1. The molecule has 2 radical (unpaired) electrons. The Morgan fingerprint density at radius 2 is 2.33 bits per heavy atom. The molecule has 0 aromatic heterocycles. The standard InChI is InChI=1S/C4H9NO/c1-2-5-3-4-6/h1,5-6H,2-4H2. The summed E-state index contributed by atoms with van der Waals surface area (Å²) in [7, 11) is 0. The molecule has 0 bridgehead atoms. The van der Waals surface area contributed by atoms with Gasteiger partial charge in [0.1, 0.15) is 0 Å². The average molecular weight is 87.1 g/mol. The van der Waals surface area contributed by atoms with Crippen LogP contribution in [0, 0.1) is 6.92 Å². The molecule has 36 valence electrons. The van der Waals surface area contributed by atoms with Crippen LogP contribution in [-0.2, 0) is 0 Å². The monoisotopic (exact) mass is 87.1 g/mol. The molecule has 0 atom stereocenters. The van der Waals surface area contributed by atoms with Gasteiger partial charge in [-0.1, -0.05) is 0 Å². The van der Waals surface area contributed by atoms with Crippen molar-refractivity contribution < 1.29 is 5.11 Å². The average Bonchev–Trinajstić information content (AvgIpc) is 1.61. The fraction of sp³-hybridized carbons (Fsp3) is 0.750. The Labute approximate surface area is 38.2 Å². The van der Waals surface area contributed by atoms with E-state index in [1.54, 1.807) is 0 Å². The van der Waals surface area contributed by atoms with E-state index in [2.05, 4.69) is 5.32 Å². The van der Waals surface area contributed by atoms with Crippen LogP contribution in [0.2, 0.25) is 0 Å². The molecule has 0 aliphatic rings. The Morgan fingerprint density at radius 1 is 1.67 bits per heavy atom. The highest BCUT2D eigenvalue weighted by Crippen LogP contribution is 1.50. The van der Waals surface area contributed by atoms with Crippen LogP contribution in [0.4, 0.5) is 0 Å². The summed E-state index contributed by atoms with van der Waals surface area (Å²) in [6.45, 7) is 6.20. The van der Waals surface area contributed by atoms with Crippen molar-refractivity contribution in [2.75, 3.05) is 19.7 Å². The summed E-state index contributed by atoms with van der Waals surface area (Å²) >= 11 is 0. The van der Waals surface area contributed by atoms with Gasteiger partial charge in [0.2, 0.25) is 0 Å². The van der Waals surface area contributed by atoms with Gasteiger partial charge in [-0.05, 0) is 13.5 Å². The van der Waals surface area contributed by atoms with Crippen LogP contribution in [0.25, 0.3) is 0 Å². The molecule has 6 heavy (non-hydrogen) atoms.